The van der Waals surface area contributed by atoms with Gasteiger partial charge in [-0.1, -0.05) is 19.9 Å². The summed E-state index contributed by atoms with van der Waals surface area (Å²) in [7, 11) is 0. The number of amides is 1. The minimum atomic E-state index is -0.0632. The molecule has 0 spiro atoms. The molecule has 114 valence electrons. The standard InChI is InChI=1S/C15H24N2O2.ClH/c1-4-9-19-14-8-6-7-13(10-14)15(18)17-11-12(3)16-5-2;/h6-8,10,12,16H,4-5,9,11H2,1-3H3,(H,17,18);1H/t12-;/m1./s1. The molecule has 0 bridgehead atoms. The zero-order valence-corrected chi connectivity index (χ0v) is 13.3. The summed E-state index contributed by atoms with van der Waals surface area (Å²) in [5, 5.41) is 6.16. The summed E-state index contributed by atoms with van der Waals surface area (Å²) < 4.78 is 5.52. The quantitative estimate of drug-likeness (QED) is 0.776. The van der Waals surface area contributed by atoms with Crippen LogP contribution in [0.15, 0.2) is 24.3 Å². The number of nitrogens with one attached hydrogen (secondary N) is 2. The van der Waals surface area contributed by atoms with Crippen molar-refractivity contribution in [3.63, 3.8) is 0 Å². The lowest BCUT2D eigenvalue weighted by Gasteiger charge is -2.13. The van der Waals surface area contributed by atoms with Crippen molar-refractivity contribution in [3.8, 4) is 5.75 Å². The van der Waals surface area contributed by atoms with Crippen LogP contribution in [-0.2, 0) is 0 Å². The summed E-state index contributed by atoms with van der Waals surface area (Å²) in [5.41, 5.74) is 0.636. The summed E-state index contributed by atoms with van der Waals surface area (Å²) in [4.78, 5) is 12.0. The Morgan fingerprint density at radius 3 is 2.75 bits per heavy atom. The third-order valence-electron chi connectivity index (χ3n) is 2.69. The number of likely N-dealkylation sites (N-methyl/N-ethyl adjacent to an activating group) is 1. The number of carbonyl (C=O) groups is 1. The molecular formula is C15H25ClN2O2. The molecule has 5 heteroatoms. The molecule has 0 aliphatic heterocycles. The van der Waals surface area contributed by atoms with Gasteiger partial charge in [-0.05, 0) is 38.1 Å². The summed E-state index contributed by atoms with van der Waals surface area (Å²) in [6.45, 7) is 8.34. The maximum absolute atomic E-state index is 12.0. The summed E-state index contributed by atoms with van der Waals surface area (Å²) >= 11 is 0. The van der Waals surface area contributed by atoms with Gasteiger partial charge in [-0.15, -0.1) is 12.4 Å². The maximum Gasteiger partial charge on any atom is 0.251 e. The van der Waals surface area contributed by atoms with Gasteiger partial charge in [0.1, 0.15) is 5.75 Å². The maximum atomic E-state index is 12.0. The van der Waals surface area contributed by atoms with Crippen molar-refractivity contribution < 1.29 is 9.53 Å². The highest BCUT2D eigenvalue weighted by Crippen LogP contribution is 2.13. The van der Waals surface area contributed by atoms with Crippen LogP contribution in [-0.4, -0.2) is 31.6 Å². The first kappa shape index (κ1) is 18.7. The number of hydrogen-bond donors (Lipinski definition) is 2. The monoisotopic (exact) mass is 300 g/mol. The average Bonchev–Trinajstić information content (AvgIpc) is 2.43. The molecule has 2 N–H and O–H groups in total. The van der Waals surface area contributed by atoms with Crippen molar-refractivity contribution in [3.05, 3.63) is 29.8 Å². The van der Waals surface area contributed by atoms with Gasteiger partial charge in [-0.2, -0.15) is 0 Å². The largest absolute Gasteiger partial charge is 0.494 e. The lowest BCUT2D eigenvalue weighted by Crippen LogP contribution is -2.38. The fourth-order valence-electron chi connectivity index (χ4n) is 1.72. The highest BCUT2D eigenvalue weighted by molar-refractivity contribution is 5.94. The van der Waals surface area contributed by atoms with Gasteiger partial charge in [-0.3, -0.25) is 4.79 Å². The van der Waals surface area contributed by atoms with E-state index in [1.54, 1.807) is 12.1 Å². The van der Waals surface area contributed by atoms with E-state index in [4.69, 9.17) is 4.74 Å². The van der Waals surface area contributed by atoms with Gasteiger partial charge in [0.05, 0.1) is 6.61 Å². The second-order valence-electron chi connectivity index (χ2n) is 4.55. The van der Waals surface area contributed by atoms with Gasteiger partial charge in [-0.25, -0.2) is 0 Å². The number of carbonyl (C=O) groups excluding carboxylic acids is 1. The number of rotatable bonds is 8. The van der Waals surface area contributed by atoms with Gasteiger partial charge in [0.2, 0.25) is 0 Å². The van der Waals surface area contributed by atoms with Crippen LogP contribution in [0, 0.1) is 0 Å². The molecule has 1 aromatic rings. The van der Waals surface area contributed by atoms with Crippen LogP contribution in [0.1, 0.15) is 37.6 Å². The zero-order chi connectivity index (χ0) is 14.1. The molecule has 0 fully saturated rings. The van der Waals surface area contributed by atoms with Crippen LogP contribution in [0.3, 0.4) is 0 Å². The highest BCUT2D eigenvalue weighted by atomic mass is 35.5. The Kier molecular flexibility index (Phi) is 9.86. The Hall–Kier alpha value is -1.26. The molecule has 4 nitrogen and oxygen atoms in total. The molecule has 20 heavy (non-hydrogen) atoms. The van der Waals surface area contributed by atoms with Crippen LogP contribution in [0.2, 0.25) is 0 Å². The molecule has 0 radical (unpaired) electrons. The Morgan fingerprint density at radius 1 is 1.35 bits per heavy atom. The Bertz CT molecular complexity index is 399. The van der Waals surface area contributed by atoms with E-state index in [1.165, 1.54) is 0 Å². The molecule has 0 aliphatic carbocycles. The lowest BCUT2D eigenvalue weighted by molar-refractivity contribution is 0.0950. The summed E-state index contributed by atoms with van der Waals surface area (Å²) in [6.07, 6.45) is 0.955. The minimum absolute atomic E-state index is 0. The van der Waals surface area contributed by atoms with E-state index in [-0.39, 0.29) is 24.4 Å². The van der Waals surface area contributed by atoms with E-state index >= 15 is 0 Å². The molecule has 0 saturated heterocycles. The number of halogens is 1. The van der Waals surface area contributed by atoms with Crippen LogP contribution >= 0.6 is 12.4 Å². The van der Waals surface area contributed by atoms with Gasteiger partial charge >= 0.3 is 0 Å². The molecule has 0 unspecified atom stereocenters. The third kappa shape index (κ3) is 6.78. The van der Waals surface area contributed by atoms with Crippen molar-refractivity contribution in [1.82, 2.24) is 10.6 Å². The van der Waals surface area contributed by atoms with Crippen LogP contribution in [0.25, 0.3) is 0 Å². The first-order valence-corrected chi connectivity index (χ1v) is 6.91. The first-order valence-electron chi connectivity index (χ1n) is 6.91. The van der Waals surface area contributed by atoms with Gasteiger partial charge < -0.3 is 15.4 Å². The van der Waals surface area contributed by atoms with Gasteiger partial charge in [0.25, 0.3) is 5.91 Å². The van der Waals surface area contributed by atoms with E-state index < -0.39 is 0 Å². The Morgan fingerprint density at radius 2 is 2.10 bits per heavy atom. The molecule has 0 saturated carbocycles. The van der Waals surface area contributed by atoms with Crippen molar-refractivity contribution >= 4 is 18.3 Å². The smallest absolute Gasteiger partial charge is 0.251 e. The predicted octanol–water partition coefficient (Wildman–Crippen LogP) is 2.63. The van der Waals surface area contributed by atoms with Gasteiger partial charge in [0, 0.05) is 18.2 Å². The van der Waals surface area contributed by atoms with E-state index in [9.17, 15) is 4.79 Å². The molecular weight excluding hydrogens is 276 g/mol. The van der Waals surface area contributed by atoms with Crippen LogP contribution in [0.4, 0.5) is 0 Å². The molecule has 1 amide bonds. The van der Waals surface area contributed by atoms with Crippen molar-refractivity contribution in [2.24, 2.45) is 0 Å². The topological polar surface area (TPSA) is 50.4 Å². The normalized spacial score (nSPS) is 11.3. The lowest BCUT2D eigenvalue weighted by atomic mass is 10.2. The van der Waals surface area contributed by atoms with Crippen molar-refractivity contribution in [1.29, 1.82) is 0 Å². The third-order valence-corrected chi connectivity index (χ3v) is 2.69. The molecule has 0 aliphatic rings. The fourth-order valence-corrected chi connectivity index (χ4v) is 1.72. The molecule has 1 aromatic carbocycles. The number of hydrogen-bond acceptors (Lipinski definition) is 3. The molecule has 0 heterocycles. The van der Waals surface area contributed by atoms with E-state index in [1.807, 2.05) is 26.0 Å². The average molecular weight is 301 g/mol. The van der Waals surface area contributed by atoms with Crippen LogP contribution in [0.5, 0.6) is 5.75 Å². The molecule has 1 atom stereocenters. The van der Waals surface area contributed by atoms with E-state index in [2.05, 4.69) is 17.6 Å². The van der Waals surface area contributed by atoms with Crippen LogP contribution < -0.4 is 15.4 Å². The predicted molar refractivity (Wildman–Crippen MR) is 84.9 cm³/mol. The number of benzene rings is 1. The summed E-state index contributed by atoms with van der Waals surface area (Å²) in [6, 6.07) is 7.56. The highest BCUT2D eigenvalue weighted by Gasteiger charge is 2.08. The van der Waals surface area contributed by atoms with E-state index in [0.717, 1.165) is 18.7 Å². The minimum Gasteiger partial charge on any atom is -0.494 e. The van der Waals surface area contributed by atoms with Gasteiger partial charge in [0.15, 0.2) is 0 Å². The van der Waals surface area contributed by atoms with Crippen molar-refractivity contribution in [2.75, 3.05) is 19.7 Å². The van der Waals surface area contributed by atoms with E-state index in [0.29, 0.717) is 18.7 Å². The molecule has 1 rings (SSSR count). The van der Waals surface area contributed by atoms with Crippen molar-refractivity contribution in [2.45, 2.75) is 33.2 Å². The summed E-state index contributed by atoms with van der Waals surface area (Å²) in [5.74, 6) is 0.681. The second kappa shape index (κ2) is 10.5. The fraction of sp³-hybridized carbons (Fsp3) is 0.533. The zero-order valence-electron chi connectivity index (χ0n) is 12.4. The first-order chi connectivity index (χ1) is 9.17. The number of ether oxygens (including phenoxy) is 1. The SMILES string of the molecule is CCCOc1cccc(C(=O)NC[C@@H](C)NCC)c1.Cl. The second-order valence-corrected chi connectivity index (χ2v) is 4.55. The molecule has 0 aromatic heterocycles. The Balaban J connectivity index is 0.00000361. The Labute approximate surface area is 127 Å².